The van der Waals surface area contributed by atoms with Crippen molar-refractivity contribution in [3.63, 3.8) is 0 Å². The summed E-state index contributed by atoms with van der Waals surface area (Å²) in [5, 5.41) is 7.67. The Morgan fingerprint density at radius 3 is 2.79 bits per heavy atom. The Morgan fingerprint density at radius 2 is 2.03 bits per heavy atom. The highest BCUT2D eigenvalue weighted by atomic mass is 127. The van der Waals surface area contributed by atoms with Crippen molar-refractivity contribution in [2.45, 2.75) is 43.3 Å². The van der Waals surface area contributed by atoms with Crippen LogP contribution in [0.3, 0.4) is 0 Å². The van der Waals surface area contributed by atoms with Gasteiger partial charge in [-0.3, -0.25) is 4.99 Å². The maximum atomic E-state index is 5.67. The lowest BCUT2D eigenvalue weighted by atomic mass is 9.74. The lowest BCUT2D eigenvalue weighted by Gasteiger charge is -2.36. The maximum Gasteiger partial charge on any atom is 0.231 e. The third-order valence-corrected chi connectivity index (χ3v) is 7.24. The number of guanidine groups is 1. The van der Waals surface area contributed by atoms with Crippen LogP contribution in [0.15, 0.2) is 23.2 Å². The molecule has 3 heterocycles. The van der Waals surface area contributed by atoms with E-state index in [1.165, 1.54) is 24.2 Å². The number of nitrogens with zero attached hydrogens (tertiary/aromatic N) is 1. The molecule has 2 fully saturated rings. The number of fused-ring (bicyclic) bond motifs is 1. The summed E-state index contributed by atoms with van der Waals surface area (Å²) >= 11 is 2.07. The lowest BCUT2D eigenvalue weighted by molar-refractivity contribution is 0.0530. The second kappa shape index (κ2) is 10.9. The molecule has 4 rings (SSSR count). The topological polar surface area (TPSA) is 64.1 Å². The first-order valence-electron chi connectivity index (χ1n) is 10.4. The van der Waals surface area contributed by atoms with Gasteiger partial charge in [-0.25, -0.2) is 0 Å². The molecule has 1 unspecified atom stereocenters. The van der Waals surface area contributed by atoms with Crippen molar-refractivity contribution in [2.24, 2.45) is 4.99 Å². The summed E-state index contributed by atoms with van der Waals surface area (Å²) in [6.07, 6.45) is 4.56. The van der Waals surface area contributed by atoms with Crippen LogP contribution in [0.25, 0.3) is 0 Å². The smallest absolute Gasteiger partial charge is 0.231 e. The fourth-order valence-corrected chi connectivity index (χ4v) is 5.32. The molecule has 1 aromatic carbocycles. The summed E-state index contributed by atoms with van der Waals surface area (Å²) in [5.41, 5.74) is 1.25. The van der Waals surface area contributed by atoms with Gasteiger partial charge in [-0.2, -0.15) is 11.8 Å². The molecule has 2 N–H and O–H groups in total. The number of ether oxygens (including phenoxy) is 3. The molecule has 1 atom stereocenters. The van der Waals surface area contributed by atoms with E-state index < -0.39 is 0 Å². The average molecular weight is 533 g/mol. The molecule has 162 valence electrons. The molecule has 6 nitrogen and oxygen atoms in total. The lowest BCUT2D eigenvalue weighted by Crippen LogP contribution is -2.42. The van der Waals surface area contributed by atoms with Gasteiger partial charge in [-0.15, -0.1) is 24.0 Å². The van der Waals surface area contributed by atoms with Gasteiger partial charge in [0.15, 0.2) is 17.5 Å². The minimum atomic E-state index is -0.0241. The molecule has 0 bridgehead atoms. The first-order valence-corrected chi connectivity index (χ1v) is 11.5. The molecule has 0 amide bonds. The van der Waals surface area contributed by atoms with E-state index in [0.29, 0.717) is 12.0 Å². The first-order chi connectivity index (χ1) is 13.8. The van der Waals surface area contributed by atoms with E-state index in [-0.39, 0.29) is 29.4 Å². The number of halogens is 1. The van der Waals surface area contributed by atoms with Crippen molar-refractivity contribution >= 4 is 41.7 Å². The van der Waals surface area contributed by atoms with Crippen molar-refractivity contribution < 1.29 is 14.2 Å². The summed E-state index contributed by atoms with van der Waals surface area (Å²) in [7, 11) is 0. The van der Waals surface area contributed by atoms with Gasteiger partial charge < -0.3 is 24.8 Å². The molecule has 0 aromatic heterocycles. The van der Waals surface area contributed by atoms with Crippen LogP contribution in [0, 0.1) is 0 Å². The quantitative estimate of drug-likeness (QED) is 0.332. The minimum absolute atomic E-state index is 0. The number of hydrogen-bond acceptors (Lipinski definition) is 5. The predicted octanol–water partition coefficient (Wildman–Crippen LogP) is 3.53. The van der Waals surface area contributed by atoms with E-state index in [9.17, 15) is 0 Å². The Kier molecular flexibility index (Phi) is 8.61. The molecule has 8 heteroatoms. The molecule has 1 aromatic rings. The van der Waals surface area contributed by atoms with Crippen LogP contribution in [-0.2, 0) is 10.2 Å². The van der Waals surface area contributed by atoms with E-state index >= 15 is 0 Å². The average Bonchev–Trinajstić information content (AvgIpc) is 3.42. The standard InChI is InChI=1S/C21H31N3O3S.HI/c1-2-22-20(23-13-17-4-3-11-28-17)24-14-21(7-9-25-10-8-21)16-5-6-18-19(12-16)27-15-26-18;/h5-6,12,17H,2-4,7-11,13-15H2,1H3,(H2,22,23,24);1H. The van der Waals surface area contributed by atoms with Gasteiger partial charge >= 0.3 is 0 Å². The van der Waals surface area contributed by atoms with E-state index in [0.717, 1.165) is 63.1 Å². The number of thioether (sulfide) groups is 1. The Hall–Kier alpha value is -0.870. The monoisotopic (exact) mass is 533 g/mol. The summed E-state index contributed by atoms with van der Waals surface area (Å²) in [6.45, 7) is 6.55. The van der Waals surface area contributed by atoms with Gasteiger partial charge in [0.1, 0.15) is 0 Å². The van der Waals surface area contributed by atoms with Crippen LogP contribution in [0.5, 0.6) is 11.5 Å². The van der Waals surface area contributed by atoms with E-state index in [2.05, 4.69) is 41.5 Å². The fourth-order valence-electron chi connectivity index (χ4n) is 4.11. The van der Waals surface area contributed by atoms with Crippen molar-refractivity contribution in [2.75, 3.05) is 45.4 Å². The molecule has 0 saturated carbocycles. The summed E-state index contributed by atoms with van der Waals surface area (Å²) < 4.78 is 16.8. The molecular weight excluding hydrogens is 501 g/mol. The fraction of sp³-hybridized carbons (Fsp3) is 0.667. The van der Waals surface area contributed by atoms with Crippen LogP contribution < -0.4 is 20.1 Å². The van der Waals surface area contributed by atoms with Crippen LogP contribution in [0.1, 0.15) is 38.2 Å². The molecule has 0 radical (unpaired) electrons. The van der Waals surface area contributed by atoms with E-state index in [1.54, 1.807) is 0 Å². The number of benzene rings is 1. The van der Waals surface area contributed by atoms with Crippen LogP contribution in [-0.4, -0.2) is 56.6 Å². The number of nitrogens with one attached hydrogen (secondary N) is 2. The summed E-state index contributed by atoms with van der Waals surface area (Å²) in [6, 6.07) is 6.34. The Labute approximate surface area is 194 Å². The molecule has 2 saturated heterocycles. The SMILES string of the molecule is CCNC(=NCC1(c2ccc3c(c2)OCO3)CCOCC1)NCC1CCCS1.I. The normalized spacial score (nSPS) is 22.8. The zero-order valence-corrected chi connectivity index (χ0v) is 20.2. The van der Waals surface area contributed by atoms with Crippen LogP contribution in [0.2, 0.25) is 0 Å². The molecule has 0 aliphatic carbocycles. The molecular formula is C21H32IN3O3S. The molecule has 3 aliphatic rings. The van der Waals surface area contributed by atoms with Crippen LogP contribution >= 0.6 is 35.7 Å². The Balaban J connectivity index is 0.00000240. The van der Waals surface area contributed by atoms with Crippen molar-refractivity contribution in [3.05, 3.63) is 23.8 Å². The van der Waals surface area contributed by atoms with Gasteiger partial charge in [0.2, 0.25) is 6.79 Å². The molecule has 3 aliphatic heterocycles. The maximum absolute atomic E-state index is 5.67. The highest BCUT2D eigenvalue weighted by Gasteiger charge is 2.35. The van der Waals surface area contributed by atoms with E-state index in [1.807, 2.05) is 6.07 Å². The number of aliphatic imine (C=N–C) groups is 1. The second-order valence-electron chi connectivity index (χ2n) is 7.67. The highest BCUT2D eigenvalue weighted by molar-refractivity contribution is 14.0. The van der Waals surface area contributed by atoms with Gasteiger partial charge in [0.05, 0.1) is 6.54 Å². The number of rotatable bonds is 6. The largest absolute Gasteiger partial charge is 0.454 e. The van der Waals surface area contributed by atoms with Crippen molar-refractivity contribution in [1.29, 1.82) is 0 Å². The molecule has 29 heavy (non-hydrogen) atoms. The first kappa shape index (κ1) is 22.8. The number of hydrogen-bond donors (Lipinski definition) is 2. The summed E-state index contributed by atoms with van der Waals surface area (Å²) in [5.74, 6) is 3.88. The van der Waals surface area contributed by atoms with Gasteiger partial charge in [-0.05, 0) is 56.1 Å². The zero-order chi connectivity index (χ0) is 19.2. The minimum Gasteiger partial charge on any atom is -0.454 e. The van der Waals surface area contributed by atoms with Gasteiger partial charge in [0.25, 0.3) is 0 Å². The highest BCUT2D eigenvalue weighted by Crippen LogP contribution is 2.41. The zero-order valence-electron chi connectivity index (χ0n) is 17.1. The molecule has 0 spiro atoms. The van der Waals surface area contributed by atoms with Gasteiger partial charge in [-0.1, -0.05) is 6.07 Å². The predicted molar refractivity (Wildman–Crippen MR) is 129 cm³/mol. The van der Waals surface area contributed by atoms with Gasteiger partial charge in [0, 0.05) is 37.0 Å². The second-order valence-corrected chi connectivity index (χ2v) is 9.08. The third kappa shape index (κ3) is 5.64. The summed E-state index contributed by atoms with van der Waals surface area (Å²) in [4.78, 5) is 5.00. The third-order valence-electron chi connectivity index (χ3n) is 5.84. The Morgan fingerprint density at radius 1 is 1.21 bits per heavy atom. The van der Waals surface area contributed by atoms with Crippen LogP contribution in [0.4, 0.5) is 0 Å². The van der Waals surface area contributed by atoms with E-state index in [4.69, 9.17) is 19.2 Å². The van der Waals surface area contributed by atoms with Crippen molar-refractivity contribution in [3.8, 4) is 11.5 Å². The van der Waals surface area contributed by atoms with Crippen molar-refractivity contribution in [1.82, 2.24) is 10.6 Å². The Bertz CT molecular complexity index is 692.